The van der Waals surface area contributed by atoms with E-state index in [4.69, 9.17) is 4.74 Å². The molecule has 0 saturated heterocycles. The topological polar surface area (TPSA) is 89.3 Å². The van der Waals surface area contributed by atoms with Crippen LogP contribution in [0.2, 0.25) is 0 Å². The first-order chi connectivity index (χ1) is 18.1. The van der Waals surface area contributed by atoms with Crippen molar-refractivity contribution in [3.63, 3.8) is 0 Å². The Bertz CT molecular complexity index is 1150. The van der Waals surface area contributed by atoms with Crippen molar-refractivity contribution in [3.8, 4) is 0 Å². The van der Waals surface area contributed by atoms with Gasteiger partial charge >= 0.3 is 0 Å². The molecular formula is C29H39N5O3. The molecule has 1 saturated carbocycles. The summed E-state index contributed by atoms with van der Waals surface area (Å²) >= 11 is 0. The summed E-state index contributed by atoms with van der Waals surface area (Å²) in [4.78, 5) is 29.4. The lowest BCUT2D eigenvalue weighted by Gasteiger charge is -2.33. The second-order valence-corrected chi connectivity index (χ2v) is 9.71. The third-order valence-corrected chi connectivity index (χ3v) is 7.13. The number of amides is 2. The van der Waals surface area contributed by atoms with Gasteiger partial charge in [0, 0.05) is 25.8 Å². The second kappa shape index (κ2) is 13.3. The molecule has 1 atom stereocenters. The molecule has 0 aliphatic heterocycles. The van der Waals surface area contributed by atoms with Crippen LogP contribution >= 0.6 is 0 Å². The van der Waals surface area contributed by atoms with Gasteiger partial charge in [0.05, 0.1) is 5.52 Å². The number of hydrogen-bond donors (Lipinski definition) is 1. The highest BCUT2D eigenvalue weighted by Gasteiger charge is 2.33. The fourth-order valence-corrected chi connectivity index (χ4v) is 5.07. The van der Waals surface area contributed by atoms with E-state index < -0.39 is 6.04 Å². The van der Waals surface area contributed by atoms with Crippen molar-refractivity contribution in [1.82, 2.24) is 25.2 Å². The summed E-state index contributed by atoms with van der Waals surface area (Å²) in [6.45, 7) is 5.61. The minimum atomic E-state index is -0.725. The Kier molecular flexibility index (Phi) is 9.65. The maximum Gasteiger partial charge on any atom is 0.247 e. The standard InChI is InChI=1S/C29H39N5O3/c1-3-22-15-17-23(18-16-22)28(29(36)30-24-11-6-5-7-12-24)33(19-10-20-37-4-2)27(35)21-34-26-14-9-8-13-25(26)31-32-34/h8-9,13-18,24,28H,3-7,10-12,19-21H2,1-2H3,(H,30,36)/t28-/m1/s1. The number of aryl methyl sites for hydroxylation is 1. The second-order valence-electron chi connectivity index (χ2n) is 9.71. The zero-order valence-electron chi connectivity index (χ0n) is 22.1. The van der Waals surface area contributed by atoms with Crippen LogP contribution in [0.25, 0.3) is 11.0 Å². The third-order valence-electron chi connectivity index (χ3n) is 7.13. The van der Waals surface area contributed by atoms with Gasteiger partial charge in [-0.1, -0.05) is 67.8 Å². The lowest BCUT2D eigenvalue weighted by Crippen LogP contribution is -2.48. The molecule has 8 nitrogen and oxygen atoms in total. The van der Waals surface area contributed by atoms with E-state index in [9.17, 15) is 9.59 Å². The number of nitrogens with zero attached hydrogens (tertiary/aromatic N) is 4. The van der Waals surface area contributed by atoms with Crippen LogP contribution in [0, 0.1) is 0 Å². The molecule has 2 amide bonds. The molecule has 0 radical (unpaired) electrons. The molecule has 2 aromatic carbocycles. The molecule has 4 rings (SSSR count). The van der Waals surface area contributed by atoms with Crippen LogP contribution in [0.1, 0.15) is 69.5 Å². The fourth-order valence-electron chi connectivity index (χ4n) is 5.07. The van der Waals surface area contributed by atoms with Crippen LogP contribution in [0.15, 0.2) is 48.5 Å². The smallest absolute Gasteiger partial charge is 0.247 e. The quantitative estimate of drug-likeness (QED) is 0.368. The molecule has 1 fully saturated rings. The van der Waals surface area contributed by atoms with Gasteiger partial charge in [0.25, 0.3) is 0 Å². The van der Waals surface area contributed by atoms with Gasteiger partial charge in [-0.25, -0.2) is 4.68 Å². The predicted molar refractivity (Wildman–Crippen MR) is 144 cm³/mol. The van der Waals surface area contributed by atoms with Crippen molar-refractivity contribution in [2.24, 2.45) is 0 Å². The summed E-state index contributed by atoms with van der Waals surface area (Å²) in [7, 11) is 0. The maximum atomic E-state index is 13.9. The van der Waals surface area contributed by atoms with Gasteiger partial charge in [-0.3, -0.25) is 9.59 Å². The Morgan fingerprint density at radius 1 is 1.08 bits per heavy atom. The van der Waals surface area contributed by atoms with E-state index in [0.717, 1.165) is 48.7 Å². The molecule has 1 aliphatic rings. The molecule has 3 aromatic rings. The van der Waals surface area contributed by atoms with Gasteiger partial charge in [0.2, 0.25) is 11.8 Å². The van der Waals surface area contributed by atoms with Crippen molar-refractivity contribution in [3.05, 3.63) is 59.7 Å². The minimum Gasteiger partial charge on any atom is -0.382 e. The molecule has 8 heteroatoms. The van der Waals surface area contributed by atoms with E-state index in [2.05, 4.69) is 22.6 Å². The summed E-state index contributed by atoms with van der Waals surface area (Å²) in [6.07, 6.45) is 6.97. The average Bonchev–Trinajstić information content (AvgIpc) is 3.33. The zero-order valence-corrected chi connectivity index (χ0v) is 22.1. The number of carbonyl (C=O) groups is 2. The van der Waals surface area contributed by atoms with Gasteiger partial charge in [-0.15, -0.1) is 5.10 Å². The molecule has 0 unspecified atom stereocenters. The Hall–Kier alpha value is -3.26. The molecule has 37 heavy (non-hydrogen) atoms. The Balaban J connectivity index is 1.64. The number of carbonyl (C=O) groups excluding carboxylic acids is 2. The van der Waals surface area contributed by atoms with E-state index in [1.54, 1.807) is 9.58 Å². The zero-order chi connectivity index (χ0) is 26.0. The number of ether oxygens (including phenoxy) is 1. The fraction of sp³-hybridized carbons (Fsp3) is 0.517. The number of aromatic nitrogens is 3. The van der Waals surface area contributed by atoms with Gasteiger partial charge in [0.15, 0.2) is 0 Å². The van der Waals surface area contributed by atoms with Crippen molar-refractivity contribution in [2.75, 3.05) is 19.8 Å². The van der Waals surface area contributed by atoms with E-state index in [-0.39, 0.29) is 24.4 Å². The van der Waals surface area contributed by atoms with Crippen LogP contribution in [0.4, 0.5) is 0 Å². The van der Waals surface area contributed by atoms with Gasteiger partial charge in [0.1, 0.15) is 18.1 Å². The van der Waals surface area contributed by atoms with Crippen molar-refractivity contribution in [1.29, 1.82) is 0 Å². The molecule has 1 aromatic heterocycles. The first kappa shape index (κ1) is 26.8. The number of nitrogens with one attached hydrogen (secondary N) is 1. The first-order valence-electron chi connectivity index (χ1n) is 13.6. The normalized spacial score (nSPS) is 15.0. The van der Waals surface area contributed by atoms with E-state index in [1.807, 2.05) is 55.5 Å². The van der Waals surface area contributed by atoms with Gasteiger partial charge in [-0.05, 0) is 55.9 Å². The average molecular weight is 506 g/mol. The van der Waals surface area contributed by atoms with E-state index in [0.29, 0.717) is 26.2 Å². The van der Waals surface area contributed by atoms with E-state index in [1.165, 1.54) is 12.0 Å². The molecule has 0 bridgehead atoms. The van der Waals surface area contributed by atoms with Crippen molar-refractivity contribution in [2.45, 2.75) is 77.4 Å². The van der Waals surface area contributed by atoms with Gasteiger partial charge < -0.3 is 15.0 Å². The molecule has 0 spiro atoms. The van der Waals surface area contributed by atoms with Crippen LogP contribution in [-0.4, -0.2) is 57.5 Å². The minimum absolute atomic E-state index is 0.00933. The highest BCUT2D eigenvalue weighted by atomic mass is 16.5. The third kappa shape index (κ3) is 6.95. The molecular weight excluding hydrogens is 466 g/mol. The summed E-state index contributed by atoms with van der Waals surface area (Å²) < 4.78 is 7.17. The number of hydrogen-bond acceptors (Lipinski definition) is 5. The largest absolute Gasteiger partial charge is 0.382 e. The van der Waals surface area contributed by atoms with Crippen LogP contribution in [-0.2, 0) is 27.3 Å². The van der Waals surface area contributed by atoms with Crippen molar-refractivity contribution < 1.29 is 14.3 Å². The molecule has 1 N–H and O–H groups in total. The Morgan fingerprint density at radius 2 is 1.84 bits per heavy atom. The summed E-state index contributed by atoms with van der Waals surface area (Å²) in [5, 5.41) is 11.7. The number of rotatable bonds is 12. The summed E-state index contributed by atoms with van der Waals surface area (Å²) in [6, 6.07) is 15.1. The number of para-hydroxylation sites is 1. The van der Waals surface area contributed by atoms with Gasteiger partial charge in [-0.2, -0.15) is 0 Å². The lowest BCUT2D eigenvalue weighted by molar-refractivity contribution is -0.142. The molecule has 1 aliphatic carbocycles. The maximum absolute atomic E-state index is 13.9. The van der Waals surface area contributed by atoms with Crippen molar-refractivity contribution >= 4 is 22.8 Å². The highest BCUT2D eigenvalue weighted by Crippen LogP contribution is 2.26. The van der Waals surface area contributed by atoms with Crippen LogP contribution in [0.3, 0.4) is 0 Å². The molecule has 198 valence electrons. The molecule has 1 heterocycles. The summed E-state index contributed by atoms with van der Waals surface area (Å²) in [5.41, 5.74) is 3.54. The highest BCUT2D eigenvalue weighted by molar-refractivity contribution is 5.89. The Labute approximate surface area is 219 Å². The summed E-state index contributed by atoms with van der Waals surface area (Å²) in [5.74, 6) is -0.292. The number of fused-ring (bicyclic) bond motifs is 1. The monoisotopic (exact) mass is 505 g/mol. The Morgan fingerprint density at radius 3 is 2.57 bits per heavy atom. The van der Waals surface area contributed by atoms with Crippen LogP contribution in [0.5, 0.6) is 0 Å². The van der Waals surface area contributed by atoms with Crippen LogP contribution < -0.4 is 5.32 Å². The lowest BCUT2D eigenvalue weighted by atomic mass is 9.94. The predicted octanol–water partition coefficient (Wildman–Crippen LogP) is 4.44. The first-order valence-corrected chi connectivity index (χ1v) is 13.6. The SMILES string of the molecule is CCOCCCN(C(=O)Cn1nnc2ccccc21)[C@@H](C(=O)NC1CCCCC1)c1ccc(CC)cc1. The number of benzene rings is 2. The van der Waals surface area contributed by atoms with E-state index >= 15 is 0 Å².